The fraction of sp³-hybridized carbons (Fsp3) is 0.182. The molecule has 4 heteroatoms. The van der Waals surface area contributed by atoms with Crippen molar-refractivity contribution in [2.45, 2.75) is 27.0 Å². The third-order valence-electron chi connectivity index (χ3n) is 4.19. The van der Waals surface area contributed by atoms with Gasteiger partial charge < -0.3 is 10.1 Å². The zero-order valence-electron chi connectivity index (χ0n) is 14.9. The number of anilines is 1. The number of rotatable bonds is 6. The molecule has 0 fully saturated rings. The summed E-state index contributed by atoms with van der Waals surface area (Å²) in [7, 11) is 0. The van der Waals surface area contributed by atoms with Crippen molar-refractivity contribution >= 4 is 28.9 Å². The Balaban J connectivity index is 1.67. The third-order valence-corrected chi connectivity index (χ3v) is 4.75. The second-order valence-corrected chi connectivity index (χ2v) is 7.15. The zero-order chi connectivity index (χ0) is 18.5. The molecule has 0 spiro atoms. The van der Waals surface area contributed by atoms with Gasteiger partial charge in [0.1, 0.15) is 6.61 Å². The molecule has 0 aliphatic carbocycles. The summed E-state index contributed by atoms with van der Waals surface area (Å²) < 4.78 is 5.85. The average molecular weight is 386 g/mol. The lowest BCUT2D eigenvalue weighted by molar-refractivity contribution is 0.306. The SMILES string of the molecule is Cc1ccc(COc2c(Cl)cc(CNc3ccccc3C)cc2Cl)cc1. The Morgan fingerprint density at radius 3 is 2.15 bits per heavy atom. The Labute approximate surface area is 164 Å². The maximum Gasteiger partial charge on any atom is 0.156 e. The van der Waals surface area contributed by atoms with E-state index in [4.69, 9.17) is 27.9 Å². The van der Waals surface area contributed by atoms with Crippen LogP contribution in [-0.4, -0.2) is 0 Å². The Morgan fingerprint density at radius 1 is 0.846 bits per heavy atom. The molecule has 0 radical (unpaired) electrons. The van der Waals surface area contributed by atoms with Crippen molar-refractivity contribution in [2.24, 2.45) is 0 Å². The van der Waals surface area contributed by atoms with E-state index in [1.54, 1.807) is 0 Å². The summed E-state index contributed by atoms with van der Waals surface area (Å²) in [6.07, 6.45) is 0. The Hall–Kier alpha value is -2.16. The molecule has 0 saturated carbocycles. The first-order valence-electron chi connectivity index (χ1n) is 8.48. The van der Waals surface area contributed by atoms with Gasteiger partial charge >= 0.3 is 0 Å². The fourth-order valence-electron chi connectivity index (χ4n) is 2.66. The van der Waals surface area contributed by atoms with Gasteiger partial charge in [-0.2, -0.15) is 0 Å². The highest BCUT2D eigenvalue weighted by molar-refractivity contribution is 6.37. The fourth-order valence-corrected chi connectivity index (χ4v) is 3.30. The Bertz CT molecular complexity index is 868. The molecule has 0 bridgehead atoms. The molecule has 0 saturated heterocycles. The van der Waals surface area contributed by atoms with E-state index in [2.05, 4.69) is 43.4 Å². The number of nitrogens with one attached hydrogen (secondary N) is 1. The zero-order valence-corrected chi connectivity index (χ0v) is 16.4. The largest absolute Gasteiger partial charge is 0.486 e. The summed E-state index contributed by atoms with van der Waals surface area (Å²) in [6.45, 7) is 5.20. The van der Waals surface area contributed by atoms with E-state index >= 15 is 0 Å². The summed E-state index contributed by atoms with van der Waals surface area (Å²) in [5.74, 6) is 0.522. The molecular formula is C22H21Cl2NO. The predicted octanol–water partition coefficient (Wildman–Crippen LogP) is 6.80. The van der Waals surface area contributed by atoms with Crippen LogP contribution in [0.3, 0.4) is 0 Å². The van der Waals surface area contributed by atoms with Crippen molar-refractivity contribution in [2.75, 3.05) is 5.32 Å². The highest BCUT2D eigenvalue weighted by Crippen LogP contribution is 2.35. The second-order valence-electron chi connectivity index (χ2n) is 6.33. The highest BCUT2D eigenvalue weighted by Gasteiger charge is 2.10. The summed E-state index contributed by atoms with van der Waals surface area (Å²) in [6, 6.07) is 20.1. The molecule has 0 heterocycles. The van der Waals surface area contributed by atoms with Crippen LogP contribution >= 0.6 is 23.2 Å². The van der Waals surface area contributed by atoms with Crippen LogP contribution in [0.25, 0.3) is 0 Å². The van der Waals surface area contributed by atoms with Gasteiger partial charge in [-0.05, 0) is 48.7 Å². The molecule has 0 unspecified atom stereocenters. The van der Waals surface area contributed by atoms with Gasteiger partial charge in [-0.25, -0.2) is 0 Å². The number of aryl methyl sites for hydroxylation is 2. The molecule has 0 aromatic heterocycles. The van der Waals surface area contributed by atoms with Gasteiger partial charge in [0.2, 0.25) is 0 Å². The second kappa shape index (κ2) is 8.48. The van der Waals surface area contributed by atoms with Gasteiger partial charge in [0.25, 0.3) is 0 Å². The van der Waals surface area contributed by atoms with E-state index in [9.17, 15) is 0 Å². The smallest absolute Gasteiger partial charge is 0.156 e. The molecule has 26 heavy (non-hydrogen) atoms. The van der Waals surface area contributed by atoms with Crippen molar-refractivity contribution in [1.29, 1.82) is 0 Å². The van der Waals surface area contributed by atoms with E-state index in [-0.39, 0.29) is 0 Å². The van der Waals surface area contributed by atoms with Gasteiger partial charge in [0.05, 0.1) is 10.0 Å². The van der Waals surface area contributed by atoms with Crippen LogP contribution < -0.4 is 10.1 Å². The van der Waals surface area contributed by atoms with Gasteiger partial charge in [-0.3, -0.25) is 0 Å². The number of ether oxygens (including phenoxy) is 1. The van der Waals surface area contributed by atoms with Crippen molar-refractivity contribution in [3.63, 3.8) is 0 Å². The number of benzene rings is 3. The topological polar surface area (TPSA) is 21.3 Å². The summed E-state index contributed by atoms with van der Waals surface area (Å²) >= 11 is 12.8. The maximum atomic E-state index is 6.40. The molecular weight excluding hydrogens is 365 g/mol. The first-order chi connectivity index (χ1) is 12.5. The number of para-hydroxylation sites is 1. The van der Waals surface area contributed by atoms with Gasteiger partial charge in [-0.1, -0.05) is 71.2 Å². The Kier molecular flexibility index (Phi) is 6.08. The van der Waals surface area contributed by atoms with E-state index in [1.165, 1.54) is 11.1 Å². The van der Waals surface area contributed by atoms with Crippen LogP contribution in [0.1, 0.15) is 22.3 Å². The summed E-state index contributed by atoms with van der Waals surface area (Å²) in [4.78, 5) is 0. The van der Waals surface area contributed by atoms with Crippen molar-refractivity contribution in [3.05, 3.63) is 93.0 Å². The minimum Gasteiger partial charge on any atom is -0.486 e. The third kappa shape index (κ3) is 4.72. The highest BCUT2D eigenvalue weighted by atomic mass is 35.5. The molecule has 3 aromatic carbocycles. The number of hydrogen-bond donors (Lipinski definition) is 1. The standard InChI is InChI=1S/C22H21Cl2NO/c1-15-7-9-17(10-8-15)14-26-22-19(23)11-18(12-20(22)24)13-25-21-6-4-3-5-16(21)2/h3-12,25H,13-14H2,1-2H3. The molecule has 1 N–H and O–H groups in total. The molecule has 2 nitrogen and oxygen atoms in total. The van der Waals surface area contributed by atoms with Crippen LogP contribution in [0, 0.1) is 13.8 Å². The average Bonchev–Trinajstić information content (AvgIpc) is 2.62. The molecule has 0 aliphatic heterocycles. The molecule has 3 aromatic rings. The lowest BCUT2D eigenvalue weighted by atomic mass is 10.1. The minimum absolute atomic E-state index is 0.431. The Morgan fingerprint density at radius 2 is 1.50 bits per heavy atom. The van der Waals surface area contributed by atoms with Gasteiger partial charge in [0.15, 0.2) is 5.75 Å². The van der Waals surface area contributed by atoms with E-state index in [0.29, 0.717) is 28.9 Å². The molecule has 3 rings (SSSR count). The van der Waals surface area contributed by atoms with Crippen molar-refractivity contribution in [3.8, 4) is 5.75 Å². The van der Waals surface area contributed by atoms with E-state index in [0.717, 1.165) is 16.8 Å². The monoisotopic (exact) mass is 385 g/mol. The van der Waals surface area contributed by atoms with Crippen LogP contribution in [0.4, 0.5) is 5.69 Å². The first-order valence-corrected chi connectivity index (χ1v) is 9.24. The van der Waals surface area contributed by atoms with Crippen molar-refractivity contribution < 1.29 is 4.74 Å². The first kappa shape index (κ1) is 18.6. The number of halogens is 2. The molecule has 0 amide bonds. The predicted molar refractivity (Wildman–Crippen MR) is 110 cm³/mol. The minimum atomic E-state index is 0.431. The summed E-state index contributed by atoms with van der Waals surface area (Å²) in [5, 5.41) is 4.45. The molecule has 0 atom stereocenters. The van der Waals surface area contributed by atoms with Crippen LogP contribution in [0.15, 0.2) is 60.7 Å². The van der Waals surface area contributed by atoms with Gasteiger partial charge in [0, 0.05) is 12.2 Å². The van der Waals surface area contributed by atoms with Crippen molar-refractivity contribution in [1.82, 2.24) is 0 Å². The lowest BCUT2D eigenvalue weighted by Gasteiger charge is -2.14. The van der Waals surface area contributed by atoms with Crippen LogP contribution in [0.2, 0.25) is 10.0 Å². The van der Waals surface area contributed by atoms with Crippen LogP contribution in [-0.2, 0) is 13.2 Å². The van der Waals surface area contributed by atoms with E-state index < -0.39 is 0 Å². The molecule has 134 valence electrons. The maximum absolute atomic E-state index is 6.40. The van der Waals surface area contributed by atoms with Gasteiger partial charge in [-0.15, -0.1) is 0 Å². The normalized spacial score (nSPS) is 10.6. The quantitative estimate of drug-likeness (QED) is 0.503. The molecule has 0 aliphatic rings. The summed E-state index contributed by atoms with van der Waals surface area (Å²) in [5.41, 5.74) is 5.59. The lowest BCUT2D eigenvalue weighted by Crippen LogP contribution is -2.02. The van der Waals surface area contributed by atoms with E-state index in [1.807, 2.05) is 36.4 Å². The number of hydrogen-bond acceptors (Lipinski definition) is 2. The van der Waals surface area contributed by atoms with Crippen LogP contribution in [0.5, 0.6) is 5.75 Å².